The van der Waals surface area contributed by atoms with E-state index in [-0.39, 0.29) is 45.4 Å². The minimum atomic E-state index is -0.624. The fraction of sp³-hybridized carbons (Fsp3) is 0.0455. The van der Waals surface area contributed by atoms with Gasteiger partial charge in [-0.1, -0.05) is 48.5 Å². The summed E-state index contributed by atoms with van der Waals surface area (Å²) in [7, 11) is 0. The molecule has 148 valence electrons. The van der Waals surface area contributed by atoms with E-state index in [2.05, 4.69) is 5.32 Å². The highest BCUT2D eigenvalue weighted by Crippen LogP contribution is 2.32. The lowest BCUT2D eigenvalue weighted by Crippen LogP contribution is -2.26. The van der Waals surface area contributed by atoms with Crippen LogP contribution in [0.4, 0.5) is 11.4 Å². The molecule has 0 heterocycles. The zero-order valence-corrected chi connectivity index (χ0v) is 15.5. The van der Waals surface area contributed by atoms with E-state index in [1.54, 1.807) is 36.4 Å². The van der Waals surface area contributed by atoms with E-state index in [0.29, 0.717) is 5.56 Å². The zero-order chi connectivity index (χ0) is 21.3. The van der Waals surface area contributed by atoms with Crippen LogP contribution < -0.4 is 10.1 Å². The van der Waals surface area contributed by atoms with Gasteiger partial charge in [-0.2, -0.15) is 0 Å². The number of rotatable bonds is 5. The lowest BCUT2D eigenvalue weighted by molar-refractivity contribution is -0.385. The summed E-state index contributed by atoms with van der Waals surface area (Å²) in [6, 6.07) is 16.8. The molecule has 0 fully saturated rings. The maximum absolute atomic E-state index is 12.9. The van der Waals surface area contributed by atoms with E-state index in [1.165, 1.54) is 30.3 Å². The molecule has 3 aromatic rings. The topological polar surface area (TPSA) is 116 Å². The molecule has 0 unspecified atom stereocenters. The van der Waals surface area contributed by atoms with Crippen molar-refractivity contribution < 1.29 is 24.0 Å². The van der Waals surface area contributed by atoms with Crippen molar-refractivity contribution in [1.29, 1.82) is 0 Å². The minimum Gasteiger partial charge on any atom is -0.477 e. The first-order chi connectivity index (χ1) is 14.5. The number of amides is 1. The molecule has 1 aliphatic rings. The van der Waals surface area contributed by atoms with E-state index < -0.39 is 17.4 Å². The second-order valence-electron chi connectivity index (χ2n) is 6.49. The second-order valence-corrected chi connectivity index (χ2v) is 6.49. The van der Waals surface area contributed by atoms with Gasteiger partial charge in [0.2, 0.25) is 0 Å². The summed E-state index contributed by atoms with van der Waals surface area (Å²) in [5.74, 6) is -1.34. The number of carbonyl (C=O) groups excluding carboxylic acids is 3. The van der Waals surface area contributed by atoms with Gasteiger partial charge in [0.15, 0.2) is 23.9 Å². The van der Waals surface area contributed by atoms with E-state index >= 15 is 0 Å². The SMILES string of the molecule is O=C(COc1ccccc1[N+](=O)[O-])Nc1cccc2c1C(=O)c1ccccc1C2=O. The predicted molar refractivity (Wildman–Crippen MR) is 107 cm³/mol. The molecule has 0 saturated carbocycles. The number of nitro groups is 1. The number of para-hydroxylation sites is 2. The normalized spacial score (nSPS) is 12.0. The second kappa shape index (κ2) is 7.59. The number of carbonyl (C=O) groups is 3. The van der Waals surface area contributed by atoms with E-state index in [4.69, 9.17) is 4.74 Å². The first-order valence-corrected chi connectivity index (χ1v) is 8.95. The minimum absolute atomic E-state index is 0.0482. The number of nitrogens with one attached hydrogen (secondary N) is 1. The van der Waals surface area contributed by atoms with Gasteiger partial charge in [-0.15, -0.1) is 0 Å². The molecule has 30 heavy (non-hydrogen) atoms. The van der Waals surface area contributed by atoms with E-state index in [1.807, 2.05) is 0 Å². The van der Waals surface area contributed by atoms with Gasteiger partial charge < -0.3 is 10.1 Å². The molecular formula is C22H14N2O6. The molecule has 4 rings (SSSR count). The third-order valence-corrected chi connectivity index (χ3v) is 4.65. The Balaban J connectivity index is 1.57. The molecule has 1 amide bonds. The number of nitrogens with zero attached hydrogens (tertiary/aromatic N) is 1. The quantitative estimate of drug-likeness (QED) is 0.404. The van der Waals surface area contributed by atoms with E-state index in [9.17, 15) is 24.5 Å². The maximum Gasteiger partial charge on any atom is 0.310 e. The third-order valence-electron chi connectivity index (χ3n) is 4.65. The summed E-state index contributed by atoms with van der Waals surface area (Å²) in [4.78, 5) is 48.5. The third kappa shape index (κ3) is 3.30. The first kappa shape index (κ1) is 19.0. The summed E-state index contributed by atoms with van der Waals surface area (Å²) < 4.78 is 5.28. The summed E-state index contributed by atoms with van der Waals surface area (Å²) in [6.07, 6.45) is 0. The number of ether oxygens (including phenoxy) is 1. The smallest absolute Gasteiger partial charge is 0.310 e. The Morgan fingerprint density at radius 3 is 2.23 bits per heavy atom. The molecule has 1 aliphatic carbocycles. The van der Waals surface area contributed by atoms with Gasteiger partial charge in [-0.25, -0.2) is 0 Å². The first-order valence-electron chi connectivity index (χ1n) is 8.95. The highest BCUT2D eigenvalue weighted by atomic mass is 16.6. The van der Waals surface area contributed by atoms with Gasteiger partial charge in [-0.05, 0) is 12.1 Å². The Hall–Kier alpha value is -4.33. The summed E-state index contributed by atoms with van der Waals surface area (Å²) >= 11 is 0. The molecule has 1 N–H and O–H groups in total. The lowest BCUT2D eigenvalue weighted by Gasteiger charge is -2.20. The number of ketones is 2. The molecule has 0 spiro atoms. The van der Waals surface area contributed by atoms with Gasteiger partial charge in [-0.3, -0.25) is 24.5 Å². The molecule has 8 heteroatoms. The molecule has 3 aromatic carbocycles. The standard InChI is InChI=1S/C22H14N2O6/c25-19(12-30-18-11-4-3-10-17(18)24(28)29)23-16-9-5-8-15-20(16)22(27)14-7-2-1-6-13(14)21(15)26/h1-11H,12H2,(H,23,25). The number of anilines is 1. The van der Waals surface area contributed by atoms with Crippen LogP contribution in [0.3, 0.4) is 0 Å². The van der Waals surface area contributed by atoms with Gasteiger partial charge in [0.1, 0.15) is 0 Å². The predicted octanol–water partition coefficient (Wildman–Crippen LogP) is 3.39. The molecule has 0 saturated heterocycles. The highest BCUT2D eigenvalue weighted by Gasteiger charge is 2.31. The molecule has 8 nitrogen and oxygen atoms in total. The number of benzene rings is 3. The summed E-state index contributed by atoms with van der Waals surface area (Å²) in [5, 5.41) is 13.6. The lowest BCUT2D eigenvalue weighted by atomic mass is 9.83. The number of fused-ring (bicyclic) bond motifs is 2. The van der Waals surface area contributed by atoms with Crippen LogP contribution in [0.1, 0.15) is 31.8 Å². The van der Waals surface area contributed by atoms with Gasteiger partial charge in [0, 0.05) is 22.8 Å². The van der Waals surface area contributed by atoms with E-state index in [0.717, 1.165) is 0 Å². The largest absolute Gasteiger partial charge is 0.477 e. The Bertz CT molecular complexity index is 1220. The van der Waals surface area contributed by atoms with Crippen LogP contribution in [0.5, 0.6) is 5.75 Å². The highest BCUT2D eigenvalue weighted by molar-refractivity contribution is 6.30. The van der Waals surface area contributed by atoms with Crippen molar-refractivity contribution in [3.63, 3.8) is 0 Å². The monoisotopic (exact) mass is 402 g/mol. The maximum atomic E-state index is 12.9. The molecular weight excluding hydrogens is 388 g/mol. The average Bonchev–Trinajstić information content (AvgIpc) is 2.76. The average molecular weight is 402 g/mol. The fourth-order valence-electron chi connectivity index (χ4n) is 3.31. The van der Waals surface area contributed by atoms with Crippen molar-refractivity contribution in [2.75, 3.05) is 11.9 Å². The van der Waals surface area contributed by atoms with Crippen LogP contribution in [-0.4, -0.2) is 29.0 Å². The molecule has 0 aliphatic heterocycles. The Morgan fingerprint density at radius 2 is 1.50 bits per heavy atom. The number of hydrogen-bond donors (Lipinski definition) is 1. The van der Waals surface area contributed by atoms with Crippen LogP contribution in [0.15, 0.2) is 66.7 Å². The number of hydrogen-bond acceptors (Lipinski definition) is 6. The summed E-state index contributed by atoms with van der Waals surface area (Å²) in [5.41, 5.74) is 0.818. The van der Waals surface area contributed by atoms with Crippen LogP contribution in [0.25, 0.3) is 0 Å². The van der Waals surface area contributed by atoms with Gasteiger partial charge in [0.05, 0.1) is 16.2 Å². The zero-order valence-electron chi connectivity index (χ0n) is 15.5. The van der Waals surface area contributed by atoms with Crippen molar-refractivity contribution >= 4 is 28.8 Å². The number of nitro benzene ring substituents is 1. The van der Waals surface area contributed by atoms with Crippen molar-refractivity contribution in [2.45, 2.75) is 0 Å². The van der Waals surface area contributed by atoms with Crippen LogP contribution in [0.2, 0.25) is 0 Å². The van der Waals surface area contributed by atoms with Crippen LogP contribution in [-0.2, 0) is 4.79 Å². The van der Waals surface area contributed by atoms with Crippen molar-refractivity contribution in [3.05, 3.63) is 99.1 Å². The van der Waals surface area contributed by atoms with Crippen molar-refractivity contribution in [1.82, 2.24) is 0 Å². The Labute approximate surface area is 170 Å². The Kier molecular flexibility index (Phi) is 4.81. The van der Waals surface area contributed by atoms with Crippen molar-refractivity contribution in [2.24, 2.45) is 0 Å². The fourth-order valence-corrected chi connectivity index (χ4v) is 3.31. The molecule has 0 atom stereocenters. The van der Waals surface area contributed by atoms with Crippen LogP contribution in [0, 0.1) is 10.1 Å². The van der Waals surface area contributed by atoms with Gasteiger partial charge in [0.25, 0.3) is 5.91 Å². The molecule has 0 radical (unpaired) electrons. The Morgan fingerprint density at radius 1 is 0.867 bits per heavy atom. The molecule has 0 aromatic heterocycles. The van der Waals surface area contributed by atoms with Crippen LogP contribution >= 0.6 is 0 Å². The van der Waals surface area contributed by atoms with Crippen molar-refractivity contribution in [3.8, 4) is 5.75 Å². The summed E-state index contributed by atoms with van der Waals surface area (Å²) in [6.45, 7) is -0.507. The molecule has 0 bridgehead atoms. The van der Waals surface area contributed by atoms with Gasteiger partial charge >= 0.3 is 5.69 Å².